The Bertz CT molecular complexity index is 886. The maximum absolute atomic E-state index is 12.3. The van der Waals surface area contributed by atoms with E-state index in [1.165, 1.54) is 6.42 Å². The van der Waals surface area contributed by atoms with Crippen LogP contribution in [0.25, 0.3) is 11.3 Å². The third-order valence-electron chi connectivity index (χ3n) is 4.86. The molecular formula is C21H22N4OS. The van der Waals surface area contributed by atoms with Gasteiger partial charge in [0, 0.05) is 40.6 Å². The molecule has 2 N–H and O–H groups in total. The summed E-state index contributed by atoms with van der Waals surface area (Å²) < 4.78 is 0. The second kappa shape index (κ2) is 8.31. The van der Waals surface area contributed by atoms with Gasteiger partial charge in [0.05, 0.1) is 5.69 Å². The number of hydrogen-bond acceptors (Lipinski definition) is 5. The number of carbonyl (C=O) groups is 1. The van der Waals surface area contributed by atoms with Crippen molar-refractivity contribution >= 4 is 33.8 Å². The van der Waals surface area contributed by atoms with Gasteiger partial charge in [0.2, 0.25) is 5.91 Å². The molecule has 1 aliphatic rings. The molecule has 0 unspecified atom stereocenters. The molecule has 1 aliphatic carbocycles. The van der Waals surface area contributed by atoms with E-state index in [2.05, 4.69) is 20.6 Å². The van der Waals surface area contributed by atoms with E-state index in [1.807, 2.05) is 41.8 Å². The first kappa shape index (κ1) is 17.7. The summed E-state index contributed by atoms with van der Waals surface area (Å²) in [5.41, 5.74) is 3.77. The molecule has 0 saturated heterocycles. The van der Waals surface area contributed by atoms with Crippen LogP contribution in [0.15, 0.2) is 54.2 Å². The normalized spacial score (nSPS) is 14.7. The number of thiazole rings is 1. The summed E-state index contributed by atoms with van der Waals surface area (Å²) in [6.45, 7) is 0. The lowest BCUT2D eigenvalue weighted by Gasteiger charge is -2.20. The number of nitrogens with one attached hydrogen (secondary N) is 2. The van der Waals surface area contributed by atoms with Gasteiger partial charge >= 0.3 is 0 Å². The van der Waals surface area contributed by atoms with E-state index in [0.717, 1.165) is 53.4 Å². The van der Waals surface area contributed by atoms with Crippen molar-refractivity contribution in [2.75, 3.05) is 10.6 Å². The highest BCUT2D eigenvalue weighted by Crippen LogP contribution is 2.28. The van der Waals surface area contributed by atoms with Crippen molar-refractivity contribution in [2.45, 2.75) is 32.1 Å². The summed E-state index contributed by atoms with van der Waals surface area (Å²) in [6, 6.07) is 11.7. The predicted octanol–water partition coefficient (Wildman–Crippen LogP) is 5.47. The van der Waals surface area contributed by atoms with Crippen LogP contribution in [0.2, 0.25) is 0 Å². The van der Waals surface area contributed by atoms with Gasteiger partial charge in [-0.2, -0.15) is 0 Å². The minimum atomic E-state index is 0.150. The molecule has 0 spiro atoms. The van der Waals surface area contributed by atoms with Crippen molar-refractivity contribution in [3.63, 3.8) is 0 Å². The maximum atomic E-state index is 12.3. The third-order valence-corrected chi connectivity index (χ3v) is 5.62. The van der Waals surface area contributed by atoms with E-state index in [9.17, 15) is 4.79 Å². The third kappa shape index (κ3) is 4.52. The molecule has 2 aromatic heterocycles. The average Bonchev–Trinajstić information content (AvgIpc) is 3.19. The Hall–Kier alpha value is -2.73. The predicted molar refractivity (Wildman–Crippen MR) is 110 cm³/mol. The van der Waals surface area contributed by atoms with Gasteiger partial charge in [0.25, 0.3) is 0 Å². The lowest BCUT2D eigenvalue weighted by Crippen LogP contribution is -2.24. The van der Waals surface area contributed by atoms with Gasteiger partial charge in [0.15, 0.2) is 5.13 Å². The fourth-order valence-corrected chi connectivity index (χ4v) is 4.10. The van der Waals surface area contributed by atoms with Crippen molar-refractivity contribution in [1.82, 2.24) is 9.97 Å². The van der Waals surface area contributed by atoms with Gasteiger partial charge in [-0.3, -0.25) is 9.78 Å². The highest BCUT2D eigenvalue weighted by atomic mass is 32.1. The number of hydrogen-bond donors (Lipinski definition) is 2. The van der Waals surface area contributed by atoms with E-state index < -0.39 is 0 Å². The molecule has 1 saturated carbocycles. The van der Waals surface area contributed by atoms with Crippen LogP contribution >= 0.6 is 11.3 Å². The van der Waals surface area contributed by atoms with Crippen LogP contribution in [0.3, 0.4) is 0 Å². The van der Waals surface area contributed by atoms with E-state index in [-0.39, 0.29) is 11.8 Å². The zero-order valence-corrected chi connectivity index (χ0v) is 15.8. The smallest absolute Gasteiger partial charge is 0.227 e. The largest absolute Gasteiger partial charge is 0.332 e. The Kier molecular flexibility index (Phi) is 5.44. The number of benzene rings is 1. The van der Waals surface area contributed by atoms with Crippen LogP contribution in [-0.4, -0.2) is 15.9 Å². The molecule has 138 valence electrons. The molecular weight excluding hydrogens is 356 g/mol. The average molecular weight is 379 g/mol. The quantitative estimate of drug-likeness (QED) is 0.618. The summed E-state index contributed by atoms with van der Waals surface area (Å²) in [4.78, 5) is 21.0. The zero-order valence-electron chi connectivity index (χ0n) is 15.0. The van der Waals surface area contributed by atoms with Gasteiger partial charge in [-0.1, -0.05) is 19.3 Å². The number of amides is 1. The molecule has 3 aromatic rings. The summed E-state index contributed by atoms with van der Waals surface area (Å²) >= 11 is 1.56. The lowest BCUT2D eigenvalue weighted by atomic mass is 9.88. The maximum Gasteiger partial charge on any atom is 0.227 e. The molecule has 1 amide bonds. The summed E-state index contributed by atoms with van der Waals surface area (Å²) in [5.74, 6) is 0.316. The van der Waals surface area contributed by atoms with Crippen molar-refractivity contribution < 1.29 is 4.79 Å². The van der Waals surface area contributed by atoms with Crippen LogP contribution in [0, 0.1) is 5.92 Å². The number of nitrogens with zero attached hydrogens (tertiary/aromatic N) is 2. The monoisotopic (exact) mass is 378 g/mol. The Balaban J connectivity index is 1.37. The fourth-order valence-electron chi connectivity index (χ4n) is 3.36. The molecule has 4 rings (SSSR count). The molecule has 6 heteroatoms. The van der Waals surface area contributed by atoms with Crippen molar-refractivity contribution in [3.8, 4) is 11.3 Å². The number of pyridine rings is 1. The topological polar surface area (TPSA) is 66.9 Å². The van der Waals surface area contributed by atoms with Crippen LogP contribution in [0.1, 0.15) is 32.1 Å². The molecule has 0 aliphatic heterocycles. The van der Waals surface area contributed by atoms with E-state index in [1.54, 1.807) is 23.7 Å². The van der Waals surface area contributed by atoms with Crippen molar-refractivity contribution in [3.05, 3.63) is 54.2 Å². The highest BCUT2D eigenvalue weighted by Gasteiger charge is 2.20. The van der Waals surface area contributed by atoms with E-state index in [4.69, 9.17) is 0 Å². The molecule has 0 atom stereocenters. The second-order valence-electron chi connectivity index (χ2n) is 6.80. The summed E-state index contributed by atoms with van der Waals surface area (Å²) in [5, 5.41) is 9.22. The summed E-state index contributed by atoms with van der Waals surface area (Å²) in [6.07, 6.45) is 9.13. The Morgan fingerprint density at radius 3 is 2.41 bits per heavy atom. The van der Waals surface area contributed by atoms with Gasteiger partial charge in [-0.25, -0.2) is 4.98 Å². The standard InChI is InChI=1S/C21H22N4OS/c26-20(16-4-2-1-3-5-16)23-17-6-8-18(9-7-17)24-21-25-19(14-27-21)15-10-12-22-13-11-15/h6-14,16H,1-5H2,(H,23,26)(H,24,25). The molecule has 5 nitrogen and oxygen atoms in total. The minimum Gasteiger partial charge on any atom is -0.332 e. The van der Waals surface area contributed by atoms with Crippen LogP contribution < -0.4 is 10.6 Å². The van der Waals surface area contributed by atoms with Gasteiger partial charge < -0.3 is 10.6 Å². The van der Waals surface area contributed by atoms with Crippen molar-refractivity contribution in [2.24, 2.45) is 5.92 Å². The van der Waals surface area contributed by atoms with Gasteiger partial charge in [0.1, 0.15) is 0 Å². The Morgan fingerprint density at radius 2 is 1.67 bits per heavy atom. The number of aromatic nitrogens is 2. The Morgan fingerprint density at radius 1 is 0.963 bits per heavy atom. The molecule has 27 heavy (non-hydrogen) atoms. The van der Waals surface area contributed by atoms with E-state index >= 15 is 0 Å². The van der Waals surface area contributed by atoms with Crippen LogP contribution in [0.5, 0.6) is 0 Å². The molecule has 0 radical (unpaired) electrons. The number of carbonyl (C=O) groups excluding carboxylic acids is 1. The zero-order chi connectivity index (χ0) is 18.5. The van der Waals surface area contributed by atoms with Crippen LogP contribution in [0.4, 0.5) is 16.5 Å². The molecule has 1 aromatic carbocycles. The minimum absolute atomic E-state index is 0.150. The van der Waals surface area contributed by atoms with Crippen molar-refractivity contribution in [1.29, 1.82) is 0 Å². The van der Waals surface area contributed by atoms with Crippen LogP contribution in [-0.2, 0) is 4.79 Å². The first-order chi connectivity index (χ1) is 13.3. The van der Waals surface area contributed by atoms with Gasteiger partial charge in [-0.15, -0.1) is 11.3 Å². The number of anilines is 3. The Labute approximate surface area is 162 Å². The molecule has 2 heterocycles. The SMILES string of the molecule is O=C(Nc1ccc(Nc2nc(-c3ccncc3)cs2)cc1)C1CCCCC1. The fraction of sp³-hybridized carbons (Fsp3) is 0.286. The lowest BCUT2D eigenvalue weighted by molar-refractivity contribution is -0.120. The molecule has 1 fully saturated rings. The van der Waals surface area contributed by atoms with E-state index in [0.29, 0.717) is 0 Å². The first-order valence-corrected chi connectivity index (χ1v) is 10.2. The first-order valence-electron chi connectivity index (χ1n) is 9.32. The second-order valence-corrected chi connectivity index (χ2v) is 7.66. The highest BCUT2D eigenvalue weighted by molar-refractivity contribution is 7.14. The molecule has 0 bridgehead atoms. The van der Waals surface area contributed by atoms with Gasteiger partial charge in [-0.05, 0) is 49.2 Å². The number of rotatable bonds is 5. The summed E-state index contributed by atoms with van der Waals surface area (Å²) in [7, 11) is 0.